The minimum absolute atomic E-state index is 0.204. The highest BCUT2D eigenvalue weighted by Crippen LogP contribution is 2.22. The molecular formula is C9H8FNS. The first kappa shape index (κ1) is 7.68. The van der Waals surface area contributed by atoms with Crippen molar-refractivity contribution in [2.24, 2.45) is 0 Å². The van der Waals surface area contributed by atoms with Gasteiger partial charge in [0.2, 0.25) is 0 Å². The van der Waals surface area contributed by atoms with Crippen molar-refractivity contribution < 1.29 is 4.39 Å². The second kappa shape index (κ2) is 2.52. The standard InChI is InChI=1S/C9H8FNS/c1-6-5-11(12)9-3-2-7(10)4-8(6)9/h2-5,12H,1H3. The summed E-state index contributed by atoms with van der Waals surface area (Å²) in [7, 11) is 0. The van der Waals surface area contributed by atoms with Crippen LogP contribution in [0.15, 0.2) is 24.4 Å². The molecule has 0 N–H and O–H groups in total. The molecule has 1 aromatic heterocycles. The van der Waals surface area contributed by atoms with E-state index in [0.29, 0.717) is 0 Å². The van der Waals surface area contributed by atoms with Gasteiger partial charge in [-0.25, -0.2) is 4.39 Å². The fourth-order valence-electron chi connectivity index (χ4n) is 1.35. The number of thiol groups is 1. The van der Waals surface area contributed by atoms with Crippen molar-refractivity contribution >= 4 is 23.7 Å². The summed E-state index contributed by atoms with van der Waals surface area (Å²) in [5.41, 5.74) is 1.98. The summed E-state index contributed by atoms with van der Waals surface area (Å²) in [6, 6.07) is 4.69. The van der Waals surface area contributed by atoms with Crippen LogP contribution in [0.1, 0.15) is 5.56 Å². The van der Waals surface area contributed by atoms with Gasteiger partial charge in [-0.15, -0.1) is 0 Å². The van der Waals surface area contributed by atoms with Crippen molar-refractivity contribution in [3.63, 3.8) is 0 Å². The minimum atomic E-state index is -0.204. The summed E-state index contributed by atoms with van der Waals surface area (Å²) >= 11 is 4.20. The van der Waals surface area contributed by atoms with Crippen molar-refractivity contribution in [2.75, 3.05) is 0 Å². The first-order valence-corrected chi connectivity index (χ1v) is 4.05. The van der Waals surface area contributed by atoms with E-state index in [-0.39, 0.29) is 5.82 Å². The van der Waals surface area contributed by atoms with Gasteiger partial charge >= 0.3 is 0 Å². The van der Waals surface area contributed by atoms with Crippen LogP contribution in [0.4, 0.5) is 4.39 Å². The van der Waals surface area contributed by atoms with E-state index in [0.717, 1.165) is 16.5 Å². The topological polar surface area (TPSA) is 4.93 Å². The Hall–Kier alpha value is -0.960. The van der Waals surface area contributed by atoms with Crippen LogP contribution in [0, 0.1) is 12.7 Å². The second-order valence-corrected chi connectivity index (χ2v) is 3.25. The first-order chi connectivity index (χ1) is 5.68. The maximum absolute atomic E-state index is 12.8. The molecule has 0 aliphatic carbocycles. The number of nitrogens with zero attached hydrogens (tertiary/aromatic N) is 1. The SMILES string of the molecule is Cc1cn(S)c2ccc(F)cc12. The monoisotopic (exact) mass is 181 g/mol. The van der Waals surface area contributed by atoms with Gasteiger partial charge < -0.3 is 0 Å². The number of benzene rings is 1. The summed E-state index contributed by atoms with van der Waals surface area (Å²) < 4.78 is 14.5. The highest BCUT2D eigenvalue weighted by molar-refractivity contribution is 7.78. The third-order valence-electron chi connectivity index (χ3n) is 1.95. The van der Waals surface area contributed by atoms with Crippen molar-refractivity contribution in [3.05, 3.63) is 35.8 Å². The zero-order valence-corrected chi connectivity index (χ0v) is 7.48. The number of aromatic nitrogens is 1. The molecule has 0 saturated carbocycles. The Morgan fingerprint density at radius 1 is 1.42 bits per heavy atom. The second-order valence-electron chi connectivity index (χ2n) is 2.82. The number of aryl methyl sites for hydroxylation is 1. The Morgan fingerprint density at radius 2 is 2.17 bits per heavy atom. The third kappa shape index (κ3) is 1.01. The molecule has 1 nitrogen and oxygen atoms in total. The van der Waals surface area contributed by atoms with E-state index in [1.54, 1.807) is 10.0 Å². The lowest BCUT2D eigenvalue weighted by Gasteiger charge is -1.93. The van der Waals surface area contributed by atoms with Crippen LogP contribution >= 0.6 is 12.8 Å². The van der Waals surface area contributed by atoms with E-state index in [9.17, 15) is 4.39 Å². The summed E-state index contributed by atoms with van der Waals surface area (Å²) in [6.45, 7) is 1.94. The van der Waals surface area contributed by atoms with Gasteiger partial charge in [-0.1, -0.05) is 12.8 Å². The maximum atomic E-state index is 12.8. The predicted molar refractivity (Wildman–Crippen MR) is 51.0 cm³/mol. The number of rotatable bonds is 0. The normalized spacial score (nSPS) is 10.9. The van der Waals surface area contributed by atoms with Crippen LogP contribution in [-0.4, -0.2) is 3.97 Å². The molecule has 1 heterocycles. The molecule has 1 aromatic carbocycles. The van der Waals surface area contributed by atoms with Crippen LogP contribution in [0.3, 0.4) is 0 Å². The van der Waals surface area contributed by atoms with Gasteiger partial charge in [-0.3, -0.25) is 3.97 Å². The summed E-state index contributed by atoms with van der Waals surface area (Å²) in [4.78, 5) is 0. The van der Waals surface area contributed by atoms with Crippen molar-refractivity contribution in [1.82, 2.24) is 3.97 Å². The van der Waals surface area contributed by atoms with Crippen LogP contribution in [0.25, 0.3) is 10.9 Å². The van der Waals surface area contributed by atoms with Gasteiger partial charge in [0.25, 0.3) is 0 Å². The zero-order chi connectivity index (χ0) is 8.72. The van der Waals surface area contributed by atoms with Crippen LogP contribution < -0.4 is 0 Å². The number of fused-ring (bicyclic) bond motifs is 1. The molecule has 0 spiro atoms. The van der Waals surface area contributed by atoms with Crippen LogP contribution in [0.2, 0.25) is 0 Å². The number of hydrogen-bond donors (Lipinski definition) is 1. The Morgan fingerprint density at radius 3 is 2.92 bits per heavy atom. The molecule has 0 aliphatic rings. The summed E-state index contributed by atoms with van der Waals surface area (Å²) in [6.07, 6.45) is 1.87. The average Bonchev–Trinajstić information content (AvgIpc) is 2.28. The summed E-state index contributed by atoms with van der Waals surface area (Å²) in [5, 5.41) is 0.921. The van der Waals surface area contributed by atoms with Gasteiger partial charge in [-0.2, -0.15) is 0 Å². The fourth-order valence-corrected chi connectivity index (χ4v) is 1.69. The number of halogens is 1. The molecule has 0 amide bonds. The number of hydrogen-bond acceptors (Lipinski definition) is 1. The molecule has 2 aromatic rings. The average molecular weight is 181 g/mol. The predicted octanol–water partition coefficient (Wildman–Crippen LogP) is 2.78. The largest absolute Gasteiger partial charge is 0.294 e. The molecule has 62 valence electrons. The van der Waals surface area contributed by atoms with Crippen LogP contribution in [0.5, 0.6) is 0 Å². The molecule has 12 heavy (non-hydrogen) atoms. The molecule has 0 atom stereocenters. The Bertz CT molecular complexity index is 433. The molecule has 0 saturated heterocycles. The highest BCUT2D eigenvalue weighted by atomic mass is 32.1. The van der Waals surface area contributed by atoms with Gasteiger partial charge in [0.05, 0.1) is 5.52 Å². The van der Waals surface area contributed by atoms with E-state index >= 15 is 0 Å². The molecule has 0 unspecified atom stereocenters. The Kier molecular flexibility index (Phi) is 1.61. The molecular weight excluding hydrogens is 173 g/mol. The van der Waals surface area contributed by atoms with Gasteiger partial charge in [-0.05, 0) is 30.7 Å². The fraction of sp³-hybridized carbons (Fsp3) is 0.111. The van der Waals surface area contributed by atoms with Gasteiger partial charge in [0.15, 0.2) is 0 Å². The van der Waals surface area contributed by atoms with Gasteiger partial charge in [0.1, 0.15) is 5.82 Å². The summed E-state index contributed by atoms with van der Waals surface area (Å²) in [5.74, 6) is -0.204. The first-order valence-electron chi connectivity index (χ1n) is 3.65. The van der Waals surface area contributed by atoms with Crippen molar-refractivity contribution in [3.8, 4) is 0 Å². The Labute approximate surface area is 75.4 Å². The van der Waals surface area contributed by atoms with E-state index in [1.807, 2.05) is 13.1 Å². The smallest absolute Gasteiger partial charge is 0.123 e. The van der Waals surface area contributed by atoms with E-state index in [1.165, 1.54) is 12.1 Å². The molecule has 0 radical (unpaired) electrons. The minimum Gasteiger partial charge on any atom is -0.294 e. The molecule has 0 bridgehead atoms. The highest BCUT2D eigenvalue weighted by Gasteiger charge is 2.03. The lowest BCUT2D eigenvalue weighted by Crippen LogP contribution is -1.77. The lowest BCUT2D eigenvalue weighted by molar-refractivity contribution is 0.629. The van der Waals surface area contributed by atoms with Crippen LogP contribution in [-0.2, 0) is 0 Å². The molecule has 3 heteroatoms. The molecule has 0 aliphatic heterocycles. The van der Waals surface area contributed by atoms with E-state index in [4.69, 9.17) is 0 Å². The van der Waals surface area contributed by atoms with Gasteiger partial charge in [0, 0.05) is 11.6 Å². The maximum Gasteiger partial charge on any atom is 0.123 e. The van der Waals surface area contributed by atoms with Crippen molar-refractivity contribution in [1.29, 1.82) is 0 Å². The van der Waals surface area contributed by atoms with Crippen molar-refractivity contribution in [2.45, 2.75) is 6.92 Å². The third-order valence-corrected chi connectivity index (χ3v) is 2.28. The van der Waals surface area contributed by atoms with E-state index in [2.05, 4.69) is 12.8 Å². The lowest BCUT2D eigenvalue weighted by atomic mass is 10.2. The zero-order valence-electron chi connectivity index (χ0n) is 6.58. The molecule has 2 rings (SSSR count). The quantitative estimate of drug-likeness (QED) is 0.596. The molecule has 0 fully saturated rings. The van der Waals surface area contributed by atoms with E-state index < -0.39 is 0 Å². The Balaban J connectivity index is 2.90.